The molecule has 626 valence electrons. The summed E-state index contributed by atoms with van der Waals surface area (Å²) in [6.45, 7) is 26.6. The summed E-state index contributed by atoms with van der Waals surface area (Å²) in [7, 11) is 0. The molecule has 0 fully saturated rings. The van der Waals surface area contributed by atoms with Crippen molar-refractivity contribution in [3.05, 3.63) is 228 Å². The van der Waals surface area contributed by atoms with Gasteiger partial charge in [0.1, 0.15) is 67.5 Å². The summed E-state index contributed by atoms with van der Waals surface area (Å²) in [4.78, 5) is 121. The number of fused-ring (bicyclic) bond motifs is 3. The normalized spacial score (nSPS) is 12.4. The minimum Gasteiger partial charge on any atom is -0.482 e. The molecule has 0 N–H and O–H groups in total. The standard InChI is InChI=1S/C96H116O21/c1-14-90(63-94(21-8,22-9)109-51-48-91(15-2,16-3)115-81(97)60-106-72-45-42-69-54-75(87(103)112-78(69)57-72)84(100)66-36-30-27-31-37-66,64-95(23-10,24-11)110-52-49-92(17-4,18-5)116-82(98)61-107-73-46-43-70-55-76(88(104)113-79(70)58-73)85(101)67-38-32-28-33-39-67)65-96(25-12,26-13)111-53-50-93(19-6,20-7)117-83(99)62-108-74-47-44-71-56-77(89(105)114-80(71)59-74)86(102)68-40-34-29-35-41-68/h27-47,54-59H,14-26,48-53,60-65H2,1-13H3. The first-order valence-corrected chi connectivity index (χ1v) is 41.7. The van der Waals surface area contributed by atoms with Crippen LogP contribution in [-0.4, -0.2) is 109 Å². The molecule has 0 saturated heterocycles. The van der Waals surface area contributed by atoms with Gasteiger partial charge in [-0.2, -0.15) is 0 Å². The third-order valence-corrected chi connectivity index (χ3v) is 24.5. The maximum Gasteiger partial charge on any atom is 0.347 e. The van der Waals surface area contributed by atoms with Crippen LogP contribution in [0.2, 0.25) is 0 Å². The van der Waals surface area contributed by atoms with Gasteiger partial charge in [-0.05, 0) is 156 Å². The molecule has 117 heavy (non-hydrogen) atoms. The molecule has 9 rings (SSSR count). The van der Waals surface area contributed by atoms with Crippen LogP contribution in [0.15, 0.2) is 191 Å². The minimum atomic E-state index is -0.915. The molecule has 0 atom stereocenters. The Hall–Kier alpha value is -10.4. The van der Waals surface area contributed by atoms with Gasteiger partial charge in [-0.1, -0.05) is 187 Å². The first-order chi connectivity index (χ1) is 56.2. The van der Waals surface area contributed by atoms with Crippen LogP contribution >= 0.6 is 0 Å². The van der Waals surface area contributed by atoms with E-state index in [4.69, 9.17) is 55.9 Å². The lowest BCUT2D eigenvalue weighted by Gasteiger charge is -2.51. The molecule has 21 heteroatoms. The van der Waals surface area contributed by atoms with Gasteiger partial charge in [-0.25, -0.2) is 28.8 Å². The zero-order valence-corrected chi connectivity index (χ0v) is 70.3. The first kappa shape index (κ1) is 90.6. The summed E-state index contributed by atoms with van der Waals surface area (Å²) in [6, 6.07) is 44.4. The molecule has 0 bridgehead atoms. The highest BCUT2D eigenvalue weighted by molar-refractivity contribution is 6.11. The lowest BCUT2D eigenvalue weighted by atomic mass is 9.61. The van der Waals surface area contributed by atoms with Gasteiger partial charge in [0.05, 0.1) is 36.6 Å². The lowest BCUT2D eigenvalue weighted by molar-refractivity contribution is -0.174. The molecule has 0 aliphatic carbocycles. The Morgan fingerprint density at radius 1 is 0.291 bits per heavy atom. The highest BCUT2D eigenvalue weighted by atomic mass is 16.6. The molecular formula is C96H116O21. The average molecular weight is 1610 g/mol. The first-order valence-electron chi connectivity index (χ1n) is 41.7. The molecule has 6 aromatic carbocycles. The number of hydrogen-bond donors (Lipinski definition) is 0. The Bertz CT molecular complexity index is 4520. The van der Waals surface area contributed by atoms with Crippen LogP contribution in [0.5, 0.6) is 17.2 Å². The van der Waals surface area contributed by atoms with Crippen LogP contribution in [0.4, 0.5) is 0 Å². The summed E-state index contributed by atoms with van der Waals surface area (Å²) in [6.07, 6.45) is 10.6. The molecule has 3 heterocycles. The van der Waals surface area contributed by atoms with Crippen molar-refractivity contribution in [2.75, 3.05) is 39.6 Å². The van der Waals surface area contributed by atoms with Crippen molar-refractivity contribution in [3.8, 4) is 17.2 Å². The Balaban J connectivity index is 0.908. The van der Waals surface area contributed by atoms with E-state index in [1.165, 1.54) is 36.4 Å². The van der Waals surface area contributed by atoms with Gasteiger partial charge in [0, 0.05) is 70.3 Å². The van der Waals surface area contributed by atoms with Crippen molar-refractivity contribution in [2.24, 2.45) is 5.41 Å². The summed E-state index contributed by atoms with van der Waals surface area (Å²) in [5.41, 5.74) is -6.38. The molecule has 21 nitrogen and oxygen atoms in total. The fourth-order valence-corrected chi connectivity index (χ4v) is 16.1. The SMILES string of the molecule is CCC(CC(CC)(CC)OCCC(CC)(CC)OC(=O)COc1ccc2cc(C(=O)c3ccccc3)c(=O)oc2c1)(CC(CC)(CC)OCCC(CC)(CC)OC(=O)COc1ccc2cc(C(=O)c3ccccc3)c(=O)oc2c1)CC(CC)(CC)OCCC(CC)(CC)OC(=O)COc1ccc2cc(C(=O)c3ccccc3)c(=O)oc2c1. The predicted molar refractivity (Wildman–Crippen MR) is 450 cm³/mol. The van der Waals surface area contributed by atoms with Gasteiger partial charge < -0.3 is 55.9 Å². The summed E-state index contributed by atoms with van der Waals surface area (Å²) >= 11 is 0. The van der Waals surface area contributed by atoms with Crippen LogP contribution in [0, 0.1) is 5.41 Å². The number of ketones is 3. The van der Waals surface area contributed by atoms with Crippen molar-refractivity contribution < 1.29 is 84.7 Å². The van der Waals surface area contributed by atoms with Crippen molar-refractivity contribution in [1.82, 2.24) is 0 Å². The maximum atomic E-state index is 13.9. The number of benzene rings is 6. The number of hydrogen-bond acceptors (Lipinski definition) is 21. The summed E-state index contributed by atoms with van der Waals surface area (Å²) < 4.78 is 76.0. The Morgan fingerprint density at radius 3 is 0.752 bits per heavy atom. The van der Waals surface area contributed by atoms with Crippen LogP contribution in [-0.2, 0) is 42.8 Å². The van der Waals surface area contributed by atoms with E-state index in [-0.39, 0.29) is 70.5 Å². The number of rotatable bonds is 49. The van der Waals surface area contributed by atoms with Gasteiger partial charge in [0.15, 0.2) is 37.2 Å². The number of carbonyl (C=O) groups excluding carboxylic acids is 6. The zero-order chi connectivity index (χ0) is 84.6. The van der Waals surface area contributed by atoms with Gasteiger partial charge in [-0.3, -0.25) is 14.4 Å². The number of esters is 3. The van der Waals surface area contributed by atoms with E-state index in [1.807, 2.05) is 41.5 Å². The Kier molecular flexibility index (Phi) is 31.9. The topological polar surface area (TPSA) is 276 Å². The molecule has 9 aromatic rings. The second-order valence-electron chi connectivity index (χ2n) is 30.8. The third kappa shape index (κ3) is 22.7. The quantitative estimate of drug-likeness (QED) is 0.0148. The van der Waals surface area contributed by atoms with E-state index < -0.39 is 111 Å². The third-order valence-electron chi connectivity index (χ3n) is 24.5. The number of carbonyl (C=O) groups is 6. The molecule has 0 spiro atoms. The molecule has 3 aromatic heterocycles. The second-order valence-corrected chi connectivity index (χ2v) is 30.8. The predicted octanol–water partition coefficient (Wildman–Crippen LogP) is 20.0. The highest BCUT2D eigenvalue weighted by Gasteiger charge is 2.50. The van der Waals surface area contributed by atoms with Gasteiger partial charge in [0.25, 0.3) is 0 Å². The van der Waals surface area contributed by atoms with Crippen LogP contribution in [0.25, 0.3) is 32.9 Å². The van der Waals surface area contributed by atoms with E-state index in [2.05, 4.69) is 48.5 Å². The highest BCUT2D eigenvalue weighted by Crippen LogP contribution is 2.53. The van der Waals surface area contributed by atoms with E-state index in [0.29, 0.717) is 155 Å². The van der Waals surface area contributed by atoms with Gasteiger partial charge >= 0.3 is 34.8 Å². The summed E-state index contributed by atoms with van der Waals surface area (Å²) in [5.74, 6) is -2.32. The zero-order valence-electron chi connectivity index (χ0n) is 70.3. The Labute approximate surface area is 685 Å². The molecule has 0 aliphatic heterocycles. The van der Waals surface area contributed by atoms with Crippen molar-refractivity contribution >= 4 is 68.2 Å². The molecule has 0 aliphatic rings. The van der Waals surface area contributed by atoms with Crippen LogP contribution in [0.1, 0.15) is 260 Å². The van der Waals surface area contributed by atoms with Crippen molar-refractivity contribution in [3.63, 3.8) is 0 Å². The maximum absolute atomic E-state index is 13.9. The second kappa shape index (κ2) is 41.2. The average Bonchev–Trinajstić information content (AvgIpc) is 0.786. The van der Waals surface area contributed by atoms with Crippen molar-refractivity contribution in [1.29, 1.82) is 0 Å². The van der Waals surface area contributed by atoms with Crippen molar-refractivity contribution in [2.45, 2.75) is 246 Å². The monoisotopic (exact) mass is 1600 g/mol. The Morgan fingerprint density at radius 2 is 0.530 bits per heavy atom. The fraction of sp³-hybridized carbons (Fsp3) is 0.469. The molecular weight excluding hydrogens is 1490 g/mol. The van der Waals surface area contributed by atoms with E-state index in [1.54, 1.807) is 127 Å². The fourth-order valence-electron chi connectivity index (χ4n) is 16.1. The minimum absolute atomic E-state index is 0.0996. The van der Waals surface area contributed by atoms with Crippen LogP contribution in [0.3, 0.4) is 0 Å². The molecule has 0 unspecified atom stereocenters. The van der Waals surface area contributed by atoms with E-state index in [0.717, 1.165) is 0 Å². The largest absolute Gasteiger partial charge is 0.482 e. The molecule has 0 saturated carbocycles. The van der Waals surface area contributed by atoms with E-state index >= 15 is 0 Å². The van der Waals surface area contributed by atoms with Gasteiger partial charge in [0.2, 0.25) is 0 Å². The van der Waals surface area contributed by atoms with E-state index in [9.17, 15) is 43.2 Å². The smallest absolute Gasteiger partial charge is 0.347 e. The molecule has 0 amide bonds. The molecule has 0 radical (unpaired) electrons. The number of ether oxygens (including phenoxy) is 9. The summed E-state index contributed by atoms with van der Waals surface area (Å²) in [5, 5.41) is 1.52. The van der Waals surface area contributed by atoms with Crippen LogP contribution < -0.4 is 31.1 Å². The lowest BCUT2D eigenvalue weighted by Crippen LogP contribution is -2.49. The van der Waals surface area contributed by atoms with Gasteiger partial charge in [-0.15, -0.1) is 0 Å².